The Bertz CT molecular complexity index is 549. The summed E-state index contributed by atoms with van der Waals surface area (Å²) in [5, 5.41) is 0.365. The summed E-state index contributed by atoms with van der Waals surface area (Å²) in [5.74, 6) is -0.376. The van der Waals surface area contributed by atoms with Crippen molar-refractivity contribution in [2.24, 2.45) is 0 Å². The molecule has 94 valence electrons. The molecule has 4 heteroatoms. The number of hydrogen-bond acceptors (Lipinski definition) is 2. The minimum absolute atomic E-state index is 0.0374. The predicted molar refractivity (Wildman–Crippen MR) is 74.6 cm³/mol. The van der Waals surface area contributed by atoms with Crippen LogP contribution in [0.3, 0.4) is 0 Å². The monoisotopic (exact) mass is 282 g/mol. The highest BCUT2D eigenvalue weighted by Crippen LogP contribution is 2.32. The molecule has 1 aliphatic carbocycles. The molecule has 0 aliphatic heterocycles. The van der Waals surface area contributed by atoms with E-state index in [-0.39, 0.29) is 5.78 Å². The number of halogens is 2. The average Bonchev–Trinajstić information content (AvgIpc) is 2.28. The maximum atomic E-state index is 13.4. The van der Waals surface area contributed by atoms with Gasteiger partial charge in [-0.2, -0.15) is 0 Å². The smallest absolute Gasteiger partial charge is 0.156 e. The summed E-state index contributed by atoms with van der Waals surface area (Å²) in [6.45, 7) is 0. The second-order valence-corrected chi connectivity index (χ2v) is 5.01. The van der Waals surface area contributed by atoms with Gasteiger partial charge in [-0.25, -0.2) is 4.39 Å². The van der Waals surface area contributed by atoms with Gasteiger partial charge in [0.05, 0.1) is 5.02 Å². The Morgan fingerprint density at radius 2 is 2.11 bits per heavy atom. The van der Waals surface area contributed by atoms with Crippen molar-refractivity contribution in [3.05, 3.63) is 46.8 Å². The van der Waals surface area contributed by atoms with Crippen LogP contribution < -0.4 is 0 Å². The predicted octanol–water partition coefficient (Wildman–Crippen LogP) is 4.46. The third-order valence-corrected chi connectivity index (χ3v) is 3.63. The first-order chi connectivity index (χ1) is 8.58. The zero-order valence-electron chi connectivity index (χ0n) is 9.62. The molecule has 0 saturated heterocycles. The quantitative estimate of drug-likeness (QED) is 0.753. The van der Waals surface area contributed by atoms with Crippen molar-refractivity contribution in [2.45, 2.75) is 24.2 Å². The lowest BCUT2D eigenvalue weighted by Crippen LogP contribution is -1.97. The minimum atomic E-state index is -0.414. The van der Waals surface area contributed by atoms with Crippen molar-refractivity contribution in [2.75, 3.05) is 0 Å². The molecule has 1 aromatic carbocycles. The number of thiol groups is 1. The fourth-order valence-electron chi connectivity index (χ4n) is 1.85. The Hall–Kier alpha value is -1.06. The molecule has 0 atom stereocenters. The number of carbonyl (C=O) groups is 1. The average molecular weight is 283 g/mol. The molecule has 1 nitrogen and oxygen atoms in total. The summed E-state index contributed by atoms with van der Waals surface area (Å²) >= 11 is 10.2. The van der Waals surface area contributed by atoms with Gasteiger partial charge in [-0.3, -0.25) is 4.79 Å². The molecule has 0 saturated carbocycles. The van der Waals surface area contributed by atoms with Crippen LogP contribution in [0.15, 0.2) is 35.3 Å². The number of rotatable bonds is 1. The zero-order valence-corrected chi connectivity index (χ0v) is 11.3. The number of ketones is 1. The maximum Gasteiger partial charge on any atom is 0.156 e. The topological polar surface area (TPSA) is 17.1 Å². The van der Waals surface area contributed by atoms with E-state index in [9.17, 15) is 9.18 Å². The summed E-state index contributed by atoms with van der Waals surface area (Å²) < 4.78 is 13.4. The molecule has 0 bridgehead atoms. The minimum Gasteiger partial charge on any atom is -0.295 e. The molecule has 1 aromatic rings. The van der Waals surface area contributed by atoms with Crippen LogP contribution in [0.4, 0.5) is 4.39 Å². The standard InChI is InChI=1S/C14H12ClFOS/c15-14-12(7-10(16)8-13(14)18)9-4-2-1-3-5-11(17)6-9/h2,4,6-8,18H,1,3,5H2/b4-2-,9-6+. The van der Waals surface area contributed by atoms with E-state index in [2.05, 4.69) is 12.6 Å². The van der Waals surface area contributed by atoms with Gasteiger partial charge in [0, 0.05) is 16.9 Å². The van der Waals surface area contributed by atoms with Gasteiger partial charge in [0.15, 0.2) is 5.78 Å². The highest BCUT2D eigenvalue weighted by molar-refractivity contribution is 7.80. The van der Waals surface area contributed by atoms with Gasteiger partial charge in [-0.1, -0.05) is 23.8 Å². The Balaban J connectivity index is 2.52. The third-order valence-electron chi connectivity index (χ3n) is 2.74. The molecule has 1 aliphatic rings. The Labute approximate surface area is 116 Å². The molecule has 0 spiro atoms. The summed E-state index contributed by atoms with van der Waals surface area (Å²) in [6.07, 6.45) is 7.48. The molecule has 0 fully saturated rings. The van der Waals surface area contributed by atoms with Crippen molar-refractivity contribution in [1.82, 2.24) is 0 Å². The molecular weight excluding hydrogens is 271 g/mol. The summed E-state index contributed by atoms with van der Waals surface area (Å²) in [7, 11) is 0. The van der Waals surface area contributed by atoms with E-state index in [4.69, 9.17) is 11.6 Å². The summed E-state index contributed by atoms with van der Waals surface area (Å²) in [4.78, 5) is 12.0. The van der Waals surface area contributed by atoms with Crippen LogP contribution in [0.25, 0.3) is 5.57 Å². The summed E-state index contributed by atoms with van der Waals surface area (Å²) in [6, 6.07) is 2.58. The van der Waals surface area contributed by atoms with Crippen LogP contribution in [0.2, 0.25) is 5.02 Å². The van der Waals surface area contributed by atoms with Gasteiger partial charge < -0.3 is 0 Å². The first-order valence-corrected chi connectivity index (χ1v) is 6.50. The largest absolute Gasteiger partial charge is 0.295 e. The second-order valence-electron chi connectivity index (χ2n) is 4.15. The van der Waals surface area contributed by atoms with Crippen molar-refractivity contribution >= 4 is 35.6 Å². The van der Waals surface area contributed by atoms with Gasteiger partial charge in [0.25, 0.3) is 0 Å². The van der Waals surface area contributed by atoms with E-state index in [0.717, 1.165) is 12.8 Å². The van der Waals surface area contributed by atoms with E-state index in [0.29, 0.717) is 27.5 Å². The number of hydrogen-bond donors (Lipinski definition) is 1. The number of benzene rings is 1. The molecular formula is C14H12ClFOS. The van der Waals surface area contributed by atoms with Gasteiger partial charge in [0.2, 0.25) is 0 Å². The first kappa shape index (κ1) is 13.4. The van der Waals surface area contributed by atoms with Gasteiger partial charge in [-0.15, -0.1) is 12.6 Å². The maximum absolute atomic E-state index is 13.4. The zero-order chi connectivity index (χ0) is 13.1. The Morgan fingerprint density at radius 3 is 2.89 bits per heavy atom. The van der Waals surface area contributed by atoms with Crippen LogP contribution in [0, 0.1) is 5.82 Å². The Kier molecular flexibility index (Phi) is 4.25. The van der Waals surface area contributed by atoms with E-state index in [1.807, 2.05) is 12.2 Å². The van der Waals surface area contributed by atoms with Crippen LogP contribution >= 0.6 is 24.2 Å². The van der Waals surface area contributed by atoms with Crippen molar-refractivity contribution in [3.63, 3.8) is 0 Å². The van der Waals surface area contributed by atoms with Crippen LogP contribution in [0.1, 0.15) is 24.8 Å². The SMILES string of the molecule is O=C1/C=C(c2cc(F)cc(S)c2Cl)\C=C/CCC1. The molecule has 0 heterocycles. The lowest BCUT2D eigenvalue weighted by molar-refractivity contribution is -0.114. The van der Waals surface area contributed by atoms with Crippen LogP contribution in [-0.4, -0.2) is 5.78 Å². The van der Waals surface area contributed by atoms with E-state index >= 15 is 0 Å². The lowest BCUT2D eigenvalue weighted by atomic mass is 9.99. The first-order valence-electron chi connectivity index (χ1n) is 5.67. The highest BCUT2D eigenvalue weighted by Gasteiger charge is 2.12. The molecule has 2 rings (SSSR count). The van der Waals surface area contributed by atoms with E-state index in [1.165, 1.54) is 18.2 Å². The lowest BCUT2D eigenvalue weighted by Gasteiger charge is -2.10. The van der Waals surface area contributed by atoms with E-state index < -0.39 is 5.82 Å². The molecule has 0 aromatic heterocycles. The van der Waals surface area contributed by atoms with Gasteiger partial charge in [0.1, 0.15) is 5.82 Å². The second kappa shape index (κ2) is 5.72. The van der Waals surface area contributed by atoms with Crippen molar-refractivity contribution in [3.8, 4) is 0 Å². The van der Waals surface area contributed by atoms with Crippen LogP contribution in [0.5, 0.6) is 0 Å². The summed E-state index contributed by atoms with van der Waals surface area (Å²) in [5.41, 5.74) is 1.15. The van der Waals surface area contributed by atoms with Crippen molar-refractivity contribution in [1.29, 1.82) is 0 Å². The highest BCUT2D eigenvalue weighted by atomic mass is 35.5. The number of carbonyl (C=O) groups excluding carboxylic acids is 1. The fourth-order valence-corrected chi connectivity index (χ4v) is 2.31. The number of allylic oxidation sites excluding steroid dienone is 4. The molecule has 0 amide bonds. The van der Waals surface area contributed by atoms with Gasteiger partial charge in [-0.05, 0) is 36.6 Å². The fraction of sp³-hybridized carbons (Fsp3) is 0.214. The molecule has 0 N–H and O–H groups in total. The Morgan fingerprint density at radius 1 is 1.33 bits per heavy atom. The molecule has 0 unspecified atom stereocenters. The van der Waals surface area contributed by atoms with Crippen molar-refractivity contribution < 1.29 is 9.18 Å². The van der Waals surface area contributed by atoms with Crippen LogP contribution in [-0.2, 0) is 4.79 Å². The molecule has 18 heavy (non-hydrogen) atoms. The van der Waals surface area contributed by atoms with E-state index in [1.54, 1.807) is 0 Å². The third kappa shape index (κ3) is 3.03. The molecule has 0 radical (unpaired) electrons. The normalized spacial score (nSPS) is 20.8. The van der Waals surface area contributed by atoms with Gasteiger partial charge >= 0.3 is 0 Å².